The van der Waals surface area contributed by atoms with Crippen LogP contribution in [0.3, 0.4) is 0 Å². The molecule has 2 aromatic carbocycles. The van der Waals surface area contributed by atoms with Crippen LogP contribution in [0.4, 0.5) is 0 Å². The number of benzene rings is 2. The molecule has 25 heavy (non-hydrogen) atoms. The lowest BCUT2D eigenvalue weighted by Gasteiger charge is -2.28. The van der Waals surface area contributed by atoms with Crippen LogP contribution in [0.15, 0.2) is 34.8 Å². The van der Waals surface area contributed by atoms with Gasteiger partial charge in [-0.05, 0) is 34.1 Å². The molecule has 0 saturated heterocycles. The lowest BCUT2D eigenvalue weighted by atomic mass is 10.0. The molecule has 0 fully saturated rings. The normalized spacial score (nSPS) is 19.3. The zero-order valence-electron chi connectivity index (χ0n) is 15.1. The summed E-state index contributed by atoms with van der Waals surface area (Å²) in [6.07, 6.45) is 0.224. The molecular weight excluding hydrogens is 403 g/mol. The van der Waals surface area contributed by atoms with Crippen LogP contribution < -0.4 is 19.5 Å². The van der Waals surface area contributed by atoms with Gasteiger partial charge in [0.1, 0.15) is 23.6 Å². The largest absolute Gasteiger partial charge is 0.496 e. The molecule has 0 saturated carbocycles. The Morgan fingerprint density at radius 1 is 1.12 bits per heavy atom. The average molecular weight is 425 g/mol. The Morgan fingerprint density at radius 2 is 1.84 bits per heavy atom. The van der Waals surface area contributed by atoms with E-state index in [9.17, 15) is 4.57 Å². The molecule has 6 heteroatoms. The zero-order chi connectivity index (χ0) is 18.4. The van der Waals surface area contributed by atoms with Crippen molar-refractivity contribution in [3.63, 3.8) is 0 Å². The lowest BCUT2D eigenvalue weighted by Crippen LogP contribution is -2.23. The van der Waals surface area contributed by atoms with Gasteiger partial charge in [-0.3, -0.25) is 0 Å². The fraction of sp³-hybridized carbons (Fsp3) is 0.368. The summed E-state index contributed by atoms with van der Waals surface area (Å²) in [6, 6.07) is 9.50. The minimum Gasteiger partial charge on any atom is -0.496 e. The summed E-state index contributed by atoms with van der Waals surface area (Å²) in [7, 11) is 0.466. The number of rotatable bonds is 3. The second-order valence-corrected chi connectivity index (χ2v) is 11.4. The molecule has 1 aliphatic heterocycles. The number of methoxy groups -OCH3 is 2. The lowest BCUT2D eigenvalue weighted by molar-refractivity contribution is 0.389. The monoisotopic (exact) mass is 424 g/mol. The number of fused-ring (bicyclic) bond motifs is 1. The Hall–Kier alpha value is -1.45. The van der Waals surface area contributed by atoms with E-state index in [4.69, 9.17) is 14.2 Å². The smallest absolute Gasteiger partial charge is 0.160 e. The van der Waals surface area contributed by atoms with Gasteiger partial charge in [0.05, 0.1) is 29.6 Å². The molecule has 0 aliphatic carbocycles. The maximum atomic E-state index is 13.9. The molecule has 1 atom stereocenters. The van der Waals surface area contributed by atoms with Crippen molar-refractivity contribution in [3.05, 3.63) is 34.8 Å². The second-order valence-electron chi connectivity index (χ2n) is 6.99. The van der Waals surface area contributed by atoms with E-state index >= 15 is 0 Å². The Morgan fingerprint density at radius 3 is 2.44 bits per heavy atom. The van der Waals surface area contributed by atoms with Crippen LogP contribution in [0.2, 0.25) is 0 Å². The van der Waals surface area contributed by atoms with Crippen molar-refractivity contribution >= 4 is 28.4 Å². The first-order chi connectivity index (χ1) is 11.7. The third-order valence-corrected chi connectivity index (χ3v) is 9.08. The predicted octanol–water partition coefficient (Wildman–Crippen LogP) is 5.27. The van der Waals surface area contributed by atoms with Crippen molar-refractivity contribution in [1.29, 1.82) is 0 Å². The molecule has 0 unspecified atom stereocenters. The van der Waals surface area contributed by atoms with Crippen molar-refractivity contribution in [2.45, 2.75) is 25.9 Å². The van der Waals surface area contributed by atoms with Crippen molar-refractivity contribution in [3.8, 4) is 28.4 Å². The number of halogens is 1. The predicted molar refractivity (Wildman–Crippen MR) is 105 cm³/mol. The molecule has 1 heterocycles. The Labute approximate surface area is 157 Å². The summed E-state index contributed by atoms with van der Waals surface area (Å²) in [5.41, 5.74) is 1.62. The van der Waals surface area contributed by atoms with E-state index in [2.05, 4.69) is 15.9 Å². The highest BCUT2D eigenvalue weighted by Gasteiger charge is 2.47. The minimum absolute atomic E-state index is 0.224. The summed E-state index contributed by atoms with van der Waals surface area (Å²) >= 11 is 3.54. The first kappa shape index (κ1) is 18.3. The molecule has 0 radical (unpaired) electrons. The molecule has 4 nitrogen and oxygen atoms in total. The van der Waals surface area contributed by atoms with Gasteiger partial charge >= 0.3 is 0 Å². The van der Waals surface area contributed by atoms with Crippen LogP contribution in [0.25, 0.3) is 11.1 Å². The maximum absolute atomic E-state index is 13.9. The van der Waals surface area contributed by atoms with Crippen molar-refractivity contribution in [1.82, 2.24) is 0 Å². The summed E-state index contributed by atoms with van der Waals surface area (Å²) in [4.78, 5) is 0. The quantitative estimate of drug-likeness (QED) is 0.629. The molecular formula is C19H22BrO4P. The van der Waals surface area contributed by atoms with Gasteiger partial charge in [0.15, 0.2) is 7.14 Å². The average Bonchev–Trinajstić information content (AvgIpc) is 2.93. The summed E-state index contributed by atoms with van der Waals surface area (Å²) in [5.74, 6) is 2.00. The second kappa shape index (κ2) is 6.37. The highest BCUT2D eigenvalue weighted by Crippen LogP contribution is 2.63. The number of hydrogen-bond donors (Lipinski definition) is 0. The van der Waals surface area contributed by atoms with Gasteiger partial charge in [-0.25, -0.2) is 0 Å². The molecule has 2 aromatic rings. The standard InChI is InChI=1S/C19H22BrO4P/c1-19(2,3)25(21)11-24-15-8-6-7-12(18(15)25)16-14(22-4)10-9-13(20)17(16)23-5/h6-10H,11H2,1-5H3/t25-/m0/s1. The van der Waals surface area contributed by atoms with Gasteiger partial charge in [-0.15, -0.1) is 0 Å². The Kier molecular flexibility index (Phi) is 4.67. The van der Waals surface area contributed by atoms with Gasteiger partial charge in [0, 0.05) is 10.7 Å². The molecule has 1 aliphatic rings. The van der Waals surface area contributed by atoms with E-state index in [0.29, 0.717) is 17.2 Å². The fourth-order valence-electron chi connectivity index (χ4n) is 3.13. The van der Waals surface area contributed by atoms with Gasteiger partial charge in [-0.1, -0.05) is 32.9 Å². The molecule has 134 valence electrons. The van der Waals surface area contributed by atoms with E-state index in [1.807, 2.05) is 51.1 Å². The highest BCUT2D eigenvalue weighted by molar-refractivity contribution is 9.10. The third kappa shape index (κ3) is 2.78. The van der Waals surface area contributed by atoms with Crippen LogP contribution in [0.1, 0.15) is 20.8 Å². The maximum Gasteiger partial charge on any atom is 0.160 e. The van der Waals surface area contributed by atoms with Crippen molar-refractivity contribution in [2.24, 2.45) is 0 Å². The molecule has 0 bridgehead atoms. The van der Waals surface area contributed by atoms with E-state index in [-0.39, 0.29) is 6.35 Å². The third-order valence-electron chi connectivity index (χ3n) is 4.61. The minimum atomic E-state index is -2.77. The summed E-state index contributed by atoms with van der Waals surface area (Å²) in [6.45, 7) is 6.00. The molecule has 0 N–H and O–H groups in total. The van der Waals surface area contributed by atoms with E-state index < -0.39 is 12.3 Å². The highest BCUT2D eigenvalue weighted by atomic mass is 79.9. The topological polar surface area (TPSA) is 44.8 Å². The summed E-state index contributed by atoms with van der Waals surface area (Å²) < 4.78 is 31.8. The van der Waals surface area contributed by atoms with Crippen LogP contribution in [-0.2, 0) is 4.57 Å². The van der Waals surface area contributed by atoms with Crippen LogP contribution in [0, 0.1) is 0 Å². The van der Waals surface area contributed by atoms with Gasteiger partial charge in [0.2, 0.25) is 0 Å². The van der Waals surface area contributed by atoms with E-state index in [1.54, 1.807) is 14.2 Å². The van der Waals surface area contributed by atoms with Gasteiger partial charge in [-0.2, -0.15) is 0 Å². The first-order valence-corrected chi connectivity index (χ1v) is 10.7. The zero-order valence-corrected chi connectivity index (χ0v) is 17.5. The summed E-state index contributed by atoms with van der Waals surface area (Å²) in [5, 5.41) is 0.373. The number of ether oxygens (including phenoxy) is 3. The van der Waals surface area contributed by atoms with Crippen molar-refractivity contribution in [2.75, 3.05) is 20.6 Å². The van der Waals surface area contributed by atoms with Crippen LogP contribution in [0.5, 0.6) is 17.2 Å². The van der Waals surface area contributed by atoms with Gasteiger partial charge < -0.3 is 18.8 Å². The molecule has 0 aromatic heterocycles. The van der Waals surface area contributed by atoms with E-state index in [1.165, 1.54) is 0 Å². The van der Waals surface area contributed by atoms with Crippen molar-refractivity contribution < 1.29 is 18.8 Å². The van der Waals surface area contributed by atoms with Gasteiger partial charge in [0.25, 0.3) is 0 Å². The first-order valence-electron chi connectivity index (χ1n) is 8.01. The fourth-order valence-corrected chi connectivity index (χ4v) is 6.20. The molecule has 0 spiro atoms. The Bertz CT molecular complexity index is 870. The number of hydrogen-bond acceptors (Lipinski definition) is 4. The Balaban J connectivity index is 2.39. The molecule has 0 amide bonds. The SMILES string of the molecule is COc1ccc(Br)c(OC)c1-c1cccc2c1[P@](=O)(C(C)(C)C)CO2. The van der Waals surface area contributed by atoms with Crippen LogP contribution >= 0.6 is 23.1 Å². The van der Waals surface area contributed by atoms with E-state index in [0.717, 1.165) is 20.9 Å². The molecule has 3 rings (SSSR count). The van der Waals surface area contributed by atoms with Crippen LogP contribution in [-0.4, -0.2) is 25.7 Å².